The van der Waals surface area contributed by atoms with Crippen molar-refractivity contribution in [2.45, 2.75) is 76.7 Å². The van der Waals surface area contributed by atoms with Crippen LogP contribution in [0.3, 0.4) is 0 Å². The molecule has 0 saturated carbocycles. The smallest absolute Gasteiger partial charge is 0.0380 e. The molecule has 0 aliphatic heterocycles. The Labute approximate surface area is 126 Å². The summed E-state index contributed by atoms with van der Waals surface area (Å²) in [4.78, 5) is 10.5. The van der Waals surface area contributed by atoms with E-state index in [0.29, 0.717) is 10.5 Å². The third-order valence-corrected chi connectivity index (χ3v) is 5.35. The van der Waals surface area contributed by atoms with Crippen LogP contribution in [0.25, 0.3) is 0 Å². The van der Waals surface area contributed by atoms with Gasteiger partial charge in [0.1, 0.15) is 0 Å². The summed E-state index contributed by atoms with van der Waals surface area (Å²) >= 11 is 2.52. The van der Waals surface area contributed by atoms with Crippen LogP contribution in [0, 0.1) is 10.3 Å². The Kier molecular flexibility index (Phi) is 11.1. The molecule has 0 aromatic carbocycles. The molecule has 2 atom stereocenters. The molecule has 0 rings (SSSR count). The Balaban J connectivity index is 4.21. The molecule has 0 saturated heterocycles. The van der Waals surface area contributed by atoms with Crippen molar-refractivity contribution in [2.75, 3.05) is 0 Å². The zero-order valence-corrected chi connectivity index (χ0v) is 14.2. The van der Waals surface area contributed by atoms with Gasteiger partial charge in [-0.25, -0.2) is 10.2 Å². The van der Waals surface area contributed by atoms with Crippen LogP contribution >= 0.6 is 24.0 Å². The monoisotopic (exact) mass is 308 g/mol. The lowest BCUT2D eigenvalue weighted by molar-refractivity contribution is 0.336. The van der Waals surface area contributed by atoms with E-state index in [1.54, 1.807) is 0 Å². The van der Waals surface area contributed by atoms with E-state index in [2.05, 4.69) is 32.3 Å². The second kappa shape index (κ2) is 10.9. The lowest BCUT2D eigenvalue weighted by atomic mass is 9.88. The van der Waals surface area contributed by atoms with Crippen molar-refractivity contribution in [1.29, 1.82) is 0 Å². The standard InChI is InChI=1S/C13H28N2O2S2/c1-5-6-7-8-11(18-15-16)9-10-12(19-17-14)13(2,3)4/h11-12H,5-10,14H2,1-4H3. The summed E-state index contributed by atoms with van der Waals surface area (Å²) < 4.78 is 7.75. The minimum absolute atomic E-state index is 0.136. The quantitative estimate of drug-likeness (QED) is 0.189. The summed E-state index contributed by atoms with van der Waals surface area (Å²) in [6, 6.07) is 0. The Morgan fingerprint density at radius 2 is 1.89 bits per heavy atom. The number of nitrogens with zero attached hydrogens (tertiary/aromatic N) is 1. The molecular formula is C13H28N2O2S2. The van der Waals surface area contributed by atoms with Crippen molar-refractivity contribution in [1.82, 2.24) is 0 Å². The van der Waals surface area contributed by atoms with Gasteiger partial charge in [-0.1, -0.05) is 47.0 Å². The second-order valence-corrected chi connectivity index (χ2v) is 7.90. The van der Waals surface area contributed by atoms with E-state index in [9.17, 15) is 4.91 Å². The van der Waals surface area contributed by atoms with E-state index in [0.717, 1.165) is 19.3 Å². The van der Waals surface area contributed by atoms with Crippen molar-refractivity contribution in [3.05, 3.63) is 4.91 Å². The molecule has 0 amide bonds. The minimum atomic E-state index is 0.136. The van der Waals surface area contributed by atoms with Crippen LogP contribution < -0.4 is 5.90 Å². The van der Waals surface area contributed by atoms with Crippen LogP contribution in [0.1, 0.15) is 66.2 Å². The number of rotatable bonds is 11. The van der Waals surface area contributed by atoms with Gasteiger partial charge in [0, 0.05) is 39.1 Å². The summed E-state index contributed by atoms with van der Waals surface area (Å²) in [7, 11) is 0. The number of unbranched alkanes of at least 4 members (excludes halogenated alkanes) is 2. The molecule has 4 nitrogen and oxygen atoms in total. The summed E-state index contributed by atoms with van der Waals surface area (Å²) in [5.74, 6) is 5.18. The maximum atomic E-state index is 10.5. The largest absolute Gasteiger partial charge is 0.234 e. The third kappa shape index (κ3) is 9.71. The highest BCUT2D eigenvalue weighted by molar-refractivity contribution is 7.98. The van der Waals surface area contributed by atoms with E-state index in [1.807, 2.05) is 0 Å². The molecule has 0 fully saturated rings. The van der Waals surface area contributed by atoms with E-state index >= 15 is 0 Å². The van der Waals surface area contributed by atoms with Gasteiger partial charge in [-0.05, 0) is 24.7 Å². The van der Waals surface area contributed by atoms with Gasteiger partial charge in [0.05, 0.1) is 0 Å². The molecule has 0 aromatic heterocycles. The molecular weight excluding hydrogens is 280 g/mol. The van der Waals surface area contributed by atoms with Gasteiger partial charge in [-0.15, -0.1) is 4.91 Å². The van der Waals surface area contributed by atoms with Crippen molar-refractivity contribution in [2.24, 2.45) is 15.9 Å². The molecule has 0 bridgehead atoms. The van der Waals surface area contributed by atoms with Crippen LogP contribution in [0.15, 0.2) is 4.58 Å². The molecule has 0 aromatic rings. The SMILES string of the molecule is CCCCCC(CCC(SON)C(C)(C)C)SN=O. The van der Waals surface area contributed by atoms with Gasteiger partial charge in [-0.2, -0.15) is 0 Å². The second-order valence-electron chi connectivity index (χ2n) is 5.92. The highest BCUT2D eigenvalue weighted by Crippen LogP contribution is 2.35. The Hall–Kier alpha value is 0.220. The number of hydrogen-bond donors (Lipinski definition) is 1. The average molecular weight is 309 g/mol. The topological polar surface area (TPSA) is 64.7 Å². The van der Waals surface area contributed by atoms with E-state index in [-0.39, 0.29) is 5.41 Å². The number of hydrogen-bond acceptors (Lipinski definition) is 6. The lowest BCUT2D eigenvalue weighted by Crippen LogP contribution is -2.25. The van der Waals surface area contributed by atoms with E-state index in [4.69, 9.17) is 10.2 Å². The van der Waals surface area contributed by atoms with E-state index < -0.39 is 0 Å². The first-order chi connectivity index (χ1) is 8.95. The first-order valence-electron chi connectivity index (χ1n) is 6.96. The maximum absolute atomic E-state index is 10.5. The summed E-state index contributed by atoms with van der Waals surface area (Å²) in [6.45, 7) is 8.73. The highest BCUT2D eigenvalue weighted by Gasteiger charge is 2.27. The fourth-order valence-electron chi connectivity index (χ4n) is 1.96. The molecule has 2 N–H and O–H groups in total. The van der Waals surface area contributed by atoms with Crippen LogP contribution in [-0.2, 0) is 4.28 Å². The van der Waals surface area contributed by atoms with Gasteiger partial charge in [0.15, 0.2) is 0 Å². The van der Waals surface area contributed by atoms with Crippen molar-refractivity contribution in [3.63, 3.8) is 0 Å². The fourth-order valence-corrected chi connectivity index (χ4v) is 3.25. The van der Waals surface area contributed by atoms with Gasteiger partial charge in [0.25, 0.3) is 0 Å². The predicted octanol–water partition coefficient (Wildman–Crippen LogP) is 5.08. The third-order valence-electron chi connectivity index (χ3n) is 3.21. The lowest BCUT2D eigenvalue weighted by Gasteiger charge is -2.29. The first-order valence-corrected chi connectivity index (χ1v) is 8.60. The zero-order valence-electron chi connectivity index (χ0n) is 12.6. The molecule has 0 aliphatic carbocycles. The zero-order chi connectivity index (χ0) is 14.7. The molecule has 114 valence electrons. The molecule has 0 aliphatic rings. The van der Waals surface area contributed by atoms with Gasteiger partial charge >= 0.3 is 0 Å². The van der Waals surface area contributed by atoms with Gasteiger partial charge in [0.2, 0.25) is 0 Å². The van der Waals surface area contributed by atoms with Gasteiger partial charge < -0.3 is 0 Å². The molecule has 0 heterocycles. The normalized spacial score (nSPS) is 15.2. The molecule has 2 unspecified atom stereocenters. The number of nitrogens with two attached hydrogens (primary N) is 1. The predicted molar refractivity (Wildman–Crippen MR) is 86.7 cm³/mol. The van der Waals surface area contributed by atoms with Crippen LogP contribution in [0.4, 0.5) is 0 Å². The highest BCUT2D eigenvalue weighted by atomic mass is 32.2. The fraction of sp³-hybridized carbons (Fsp3) is 1.00. The van der Waals surface area contributed by atoms with Crippen molar-refractivity contribution < 1.29 is 4.28 Å². The molecule has 0 spiro atoms. The van der Waals surface area contributed by atoms with Crippen LogP contribution in [-0.4, -0.2) is 10.5 Å². The van der Waals surface area contributed by atoms with E-state index in [1.165, 1.54) is 43.3 Å². The minimum Gasteiger partial charge on any atom is -0.234 e. The Bertz CT molecular complexity index is 235. The molecule has 0 radical (unpaired) electrons. The summed E-state index contributed by atoms with van der Waals surface area (Å²) in [6.07, 6.45) is 6.63. The molecule has 19 heavy (non-hydrogen) atoms. The first kappa shape index (κ1) is 19.2. The van der Waals surface area contributed by atoms with Crippen molar-refractivity contribution >= 4 is 24.0 Å². The van der Waals surface area contributed by atoms with Crippen LogP contribution in [0.2, 0.25) is 0 Å². The maximum Gasteiger partial charge on any atom is 0.0380 e. The summed E-state index contributed by atoms with van der Waals surface area (Å²) in [5, 5.41) is 0.658. The molecule has 6 heteroatoms. The average Bonchev–Trinajstić information content (AvgIpc) is 2.33. The Morgan fingerprint density at radius 1 is 1.21 bits per heavy atom. The van der Waals surface area contributed by atoms with Crippen LogP contribution in [0.5, 0.6) is 0 Å². The summed E-state index contributed by atoms with van der Waals surface area (Å²) in [5.41, 5.74) is 0.136. The number of nitroso groups, excluding NO2 is 1. The van der Waals surface area contributed by atoms with Crippen molar-refractivity contribution in [3.8, 4) is 0 Å². The Morgan fingerprint density at radius 3 is 2.37 bits per heavy atom. The van der Waals surface area contributed by atoms with Gasteiger partial charge in [-0.3, -0.25) is 0 Å².